The fraction of sp³-hybridized carbons (Fsp3) is 0.0508. The van der Waals surface area contributed by atoms with Gasteiger partial charge < -0.3 is 0 Å². The summed E-state index contributed by atoms with van der Waals surface area (Å²) in [4.78, 5) is 27.8. The maximum Gasteiger partial charge on any atom is 0.0790 e. The Balaban J connectivity index is 0.000000164. The molecule has 0 amide bonds. The van der Waals surface area contributed by atoms with Crippen molar-refractivity contribution in [2.45, 2.75) is 19.8 Å². The SMILES string of the molecule is Cc1cc(-c2ncc(-c3cccnc3)cc2C=Cc2ccccc2)cnc1-c1ccccc1.c1ccc(Cc2cncc(-c3ccc(-c4ncccc4Cc4ccccc4)cn3)c2)cc1. The van der Waals surface area contributed by atoms with E-state index in [9.17, 15) is 0 Å². The molecule has 4 aromatic carbocycles. The minimum absolute atomic E-state index is 0.844. The van der Waals surface area contributed by atoms with Crippen molar-refractivity contribution in [3.05, 3.63) is 264 Å². The Bertz CT molecular complexity index is 3120. The van der Waals surface area contributed by atoms with Crippen LogP contribution in [-0.2, 0) is 12.8 Å². The summed E-state index contributed by atoms with van der Waals surface area (Å²) in [6.45, 7) is 2.10. The number of benzene rings is 4. The van der Waals surface area contributed by atoms with E-state index < -0.39 is 0 Å². The molecule has 0 N–H and O–H groups in total. The summed E-state index contributed by atoms with van der Waals surface area (Å²) >= 11 is 0. The molecule has 0 unspecified atom stereocenters. The van der Waals surface area contributed by atoms with Crippen molar-refractivity contribution < 1.29 is 0 Å². The third-order valence-electron chi connectivity index (χ3n) is 11.1. The largest absolute Gasteiger partial charge is 0.264 e. The average Bonchev–Trinajstić information content (AvgIpc) is 3.37. The lowest BCUT2D eigenvalue weighted by Gasteiger charge is -2.11. The first kappa shape index (κ1) is 41.9. The van der Waals surface area contributed by atoms with Gasteiger partial charge in [-0.05, 0) is 95.6 Å². The van der Waals surface area contributed by atoms with Gasteiger partial charge in [-0.15, -0.1) is 0 Å². The van der Waals surface area contributed by atoms with Gasteiger partial charge in [0.05, 0.1) is 22.8 Å². The van der Waals surface area contributed by atoms with Crippen LogP contribution in [0.25, 0.3) is 68.3 Å². The zero-order valence-corrected chi connectivity index (χ0v) is 36.1. The summed E-state index contributed by atoms with van der Waals surface area (Å²) in [6.07, 6.45) is 21.0. The van der Waals surface area contributed by atoms with Gasteiger partial charge in [0, 0.05) is 88.5 Å². The second-order valence-corrected chi connectivity index (χ2v) is 15.8. The molecule has 312 valence electrons. The predicted molar refractivity (Wildman–Crippen MR) is 265 cm³/mol. The average molecular weight is 839 g/mol. The molecule has 0 aliphatic rings. The predicted octanol–water partition coefficient (Wildman–Crippen LogP) is 13.7. The van der Waals surface area contributed by atoms with E-state index in [2.05, 4.69) is 149 Å². The van der Waals surface area contributed by atoms with Crippen LogP contribution in [0, 0.1) is 6.92 Å². The third-order valence-corrected chi connectivity index (χ3v) is 11.1. The molecule has 0 aliphatic heterocycles. The lowest BCUT2D eigenvalue weighted by molar-refractivity contribution is 1.14. The maximum absolute atomic E-state index is 4.86. The number of aromatic nitrogens is 6. The summed E-state index contributed by atoms with van der Waals surface area (Å²) in [6, 6.07) is 60.3. The summed E-state index contributed by atoms with van der Waals surface area (Å²) < 4.78 is 0. The topological polar surface area (TPSA) is 77.3 Å². The molecule has 6 heteroatoms. The molecular formula is C59H46N6. The maximum atomic E-state index is 4.86. The van der Waals surface area contributed by atoms with E-state index in [0.29, 0.717) is 0 Å². The molecule has 0 atom stereocenters. The zero-order valence-electron chi connectivity index (χ0n) is 36.1. The fourth-order valence-corrected chi connectivity index (χ4v) is 7.81. The highest BCUT2D eigenvalue weighted by molar-refractivity contribution is 5.82. The van der Waals surface area contributed by atoms with Crippen molar-refractivity contribution in [1.82, 2.24) is 29.9 Å². The molecule has 0 saturated carbocycles. The van der Waals surface area contributed by atoms with Crippen molar-refractivity contribution >= 4 is 12.2 Å². The van der Waals surface area contributed by atoms with E-state index in [4.69, 9.17) is 15.0 Å². The van der Waals surface area contributed by atoms with Crippen molar-refractivity contribution in [2.75, 3.05) is 0 Å². The quantitative estimate of drug-likeness (QED) is 0.129. The lowest BCUT2D eigenvalue weighted by Crippen LogP contribution is -1.96. The first-order valence-electron chi connectivity index (χ1n) is 21.7. The van der Waals surface area contributed by atoms with E-state index in [1.54, 1.807) is 6.20 Å². The lowest BCUT2D eigenvalue weighted by atomic mass is 9.99. The molecule has 0 radical (unpaired) electrons. The van der Waals surface area contributed by atoms with Crippen molar-refractivity contribution in [2.24, 2.45) is 0 Å². The second-order valence-electron chi connectivity index (χ2n) is 15.8. The highest BCUT2D eigenvalue weighted by atomic mass is 14.7. The van der Waals surface area contributed by atoms with Crippen LogP contribution in [-0.4, -0.2) is 29.9 Å². The molecule has 0 spiro atoms. The minimum atomic E-state index is 0.844. The summed E-state index contributed by atoms with van der Waals surface area (Å²) in [5.74, 6) is 0. The van der Waals surface area contributed by atoms with Gasteiger partial charge in [-0.2, -0.15) is 0 Å². The fourth-order valence-electron chi connectivity index (χ4n) is 7.81. The molecule has 6 heterocycles. The molecule has 6 aromatic heterocycles. The first-order valence-corrected chi connectivity index (χ1v) is 21.7. The molecule has 0 fully saturated rings. The van der Waals surface area contributed by atoms with Crippen LogP contribution < -0.4 is 0 Å². The van der Waals surface area contributed by atoms with E-state index in [1.165, 1.54) is 22.3 Å². The normalized spacial score (nSPS) is 10.9. The van der Waals surface area contributed by atoms with Gasteiger partial charge in [-0.25, -0.2) is 0 Å². The van der Waals surface area contributed by atoms with Gasteiger partial charge in [0.25, 0.3) is 0 Å². The summed E-state index contributed by atoms with van der Waals surface area (Å²) in [5, 5.41) is 0. The van der Waals surface area contributed by atoms with E-state index in [0.717, 1.165) is 85.7 Å². The van der Waals surface area contributed by atoms with Gasteiger partial charge in [-0.3, -0.25) is 29.9 Å². The Morgan fingerprint density at radius 2 is 1.02 bits per heavy atom. The number of hydrogen-bond donors (Lipinski definition) is 0. The van der Waals surface area contributed by atoms with E-state index >= 15 is 0 Å². The molecular weight excluding hydrogens is 793 g/mol. The molecule has 65 heavy (non-hydrogen) atoms. The molecule has 10 aromatic rings. The van der Waals surface area contributed by atoms with Crippen LogP contribution in [0.3, 0.4) is 0 Å². The van der Waals surface area contributed by atoms with Crippen molar-refractivity contribution in [3.8, 4) is 56.2 Å². The molecule has 6 nitrogen and oxygen atoms in total. The molecule has 0 aliphatic carbocycles. The Labute approximate surface area is 380 Å². The van der Waals surface area contributed by atoms with Gasteiger partial charge in [0.1, 0.15) is 0 Å². The van der Waals surface area contributed by atoms with Crippen molar-refractivity contribution in [3.63, 3.8) is 0 Å². The van der Waals surface area contributed by atoms with Crippen LogP contribution >= 0.6 is 0 Å². The zero-order chi connectivity index (χ0) is 44.0. The molecule has 10 rings (SSSR count). The standard InChI is InChI=1S/C30H23N3.C29H23N3/c1-22-17-28(21-32-29(22)24-11-6-3-7-12-24)30-25(15-14-23-9-4-2-5-10-23)18-27(20-33-30)26-13-8-16-31-19-26;1-3-8-22(9-4-1)16-24-18-27(20-30-19-24)28-14-13-26(21-32-28)29-25(12-7-15-31-29)17-23-10-5-2-6-11-23/h2-21H,1H3;1-15,18-21H,16-17H2. The van der Waals surface area contributed by atoms with Crippen LogP contribution in [0.15, 0.2) is 225 Å². The van der Waals surface area contributed by atoms with Crippen LogP contribution in [0.1, 0.15) is 38.9 Å². The Hall–Kier alpha value is -8.48. The Morgan fingerprint density at radius 1 is 0.369 bits per heavy atom. The van der Waals surface area contributed by atoms with E-state index in [1.807, 2.05) is 104 Å². The van der Waals surface area contributed by atoms with Gasteiger partial charge in [-0.1, -0.05) is 146 Å². The van der Waals surface area contributed by atoms with Gasteiger partial charge >= 0.3 is 0 Å². The van der Waals surface area contributed by atoms with Crippen LogP contribution in [0.2, 0.25) is 0 Å². The highest BCUT2D eigenvalue weighted by Crippen LogP contribution is 2.31. The molecule has 0 saturated heterocycles. The monoisotopic (exact) mass is 838 g/mol. The van der Waals surface area contributed by atoms with Crippen LogP contribution in [0.5, 0.6) is 0 Å². The number of hydrogen-bond acceptors (Lipinski definition) is 6. The highest BCUT2D eigenvalue weighted by Gasteiger charge is 2.13. The van der Waals surface area contributed by atoms with Crippen molar-refractivity contribution in [1.29, 1.82) is 0 Å². The smallest absolute Gasteiger partial charge is 0.0790 e. The van der Waals surface area contributed by atoms with E-state index in [-0.39, 0.29) is 0 Å². The van der Waals surface area contributed by atoms with Gasteiger partial charge in [0.15, 0.2) is 0 Å². The number of rotatable bonds is 11. The third kappa shape index (κ3) is 10.8. The van der Waals surface area contributed by atoms with Gasteiger partial charge in [0.2, 0.25) is 0 Å². The summed E-state index contributed by atoms with van der Waals surface area (Å²) in [5.41, 5.74) is 18.2. The number of aryl methyl sites for hydroxylation is 1. The first-order chi connectivity index (χ1) is 32.1. The Morgan fingerprint density at radius 3 is 1.72 bits per heavy atom. The number of nitrogens with zero attached hydrogens (tertiary/aromatic N) is 6. The molecule has 0 bridgehead atoms. The number of pyridine rings is 6. The minimum Gasteiger partial charge on any atom is -0.264 e. The van der Waals surface area contributed by atoms with Crippen LogP contribution in [0.4, 0.5) is 0 Å². The second kappa shape index (κ2) is 20.6. The Kier molecular flexibility index (Phi) is 13.3. The summed E-state index contributed by atoms with van der Waals surface area (Å²) in [7, 11) is 0.